The average Bonchev–Trinajstić information content (AvgIpc) is 2.36. The molecule has 0 saturated carbocycles. The van der Waals surface area contributed by atoms with Gasteiger partial charge < -0.3 is 14.8 Å². The molecule has 102 valence electrons. The van der Waals surface area contributed by atoms with Gasteiger partial charge in [0.05, 0.1) is 19.6 Å². The number of ether oxygens (including phenoxy) is 2. The Balaban J connectivity index is 0. The summed E-state index contributed by atoms with van der Waals surface area (Å²) >= 11 is 0. The van der Waals surface area contributed by atoms with Crippen molar-refractivity contribution in [1.29, 1.82) is 0 Å². The van der Waals surface area contributed by atoms with Crippen LogP contribution in [0.3, 0.4) is 0 Å². The van der Waals surface area contributed by atoms with Crippen LogP contribution < -0.4 is 5.32 Å². The first-order valence-electron chi connectivity index (χ1n) is 6.00. The van der Waals surface area contributed by atoms with Crippen LogP contribution in [-0.4, -0.2) is 40.4 Å². The van der Waals surface area contributed by atoms with E-state index >= 15 is 0 Å². The van der Waals surface area contributed by atoms with Crippen LogP contribution >= 0.6 is 0 Å². The van der Waals surface area contributed by atoms with Gasteiger partial charge in [-0.15, -0.1) is 0 Å². The van der Waals surface area contributed by atoms with Crippen molar-refractivity contribution in [1.82, 2.24) is 5.32 Å². The SMILES string of the molecule is CC/C=C\CC(C)C(=O)OC.CNCCOC. The third-order valence-electron chi connectivity index (χ3n) is 2.05. The van der Waals surface area contributed by atoms with E-state index in [9.17, 15) is 4.79 Å². The third kappa shape index (κ3) is 15.1. The number of likely N-dealkylation sites (N-methyl/N-ethyl adjacent to an activating group) is 1. The van der Waals surface area contributed by atoms with E-state index in [1.165, 1.54) is 7.11 Å². The second-order valence-electron chi connectivity index (χ2n) is 3.64. The maximum absolute atomic E-state index is 10.8. The van der Waals surface area contributed by atoms with Gasteiger partial charge in [0.25, 0.3) is 0 Å². The molecule has 0 fully saturated rings. The van der Waals surface area contributed by atoms with Crippen molar-refractivity contribution in [3.05, 3.63) is 12.2 Å². The zero-order valence-corrected chi connectivity index (χ0v) is 11.8. The highest BCUT2D eigenvalue weighted by atomic mass is 16.5. The number of esters is 1. The summed E-state index contributed by atoms with van der Waals surface area (Å²) in [4.78, 5) is 10.8. The Morgan fingerprint density at radius 3 is 2.35 bits per heavy atom. The summed E-state index contributed by atoms with van der Waals surface area (Å²) in [7, 11) is 5.01. The highest BCUT2D eigenvalue weighted by molar-refractivity contribution is 5.71. The van der Waals surface area contributed by atoms with E-state index < -0.39 is 0 Å². The van der Waals surface area contributed by atoms with Crippen molar-refractivity contribution in [3.63, 3.8) is 0 Å². The van der Waals surface area contributed by atoms with Crippen LogP contribution in [0.25, 0.3) is 0 Å². The zero-order valence-electron chi connectivity index (χ0n) is 11.8. The van der Waals surface area contributed by atoms with Gasteiger partial charge >= 0.3 is 5.97 Å². The number of hydrogen-bond acceptors (Lipinski definition) is 4. The highest BCUT2D eigenvalue weighted by Crippen LogP contribution is 2.04. The maximum atomic E-state index is 10.8. The van der Waals surface area contributed by atoms with Crippen LogP contribution in [0.1, 0.15) is 26.7 Å². The fraction of sp³-hybridized carbons (Fsp3) is 0.769. The summed E-state index contributed by atoms with van der Waals surface area (Å²) in [5.41, 5.74) is 0. The van der Waals surface area contributed by atoms with Gasteiger partial charge in [-0.1, -0.05) is 26.0 Å². The Morgan fingerprint density at radius 1 is 1.35 bits per heavy atom. The third-order valence-corrected chi connectivity index (χ3v) is 2.05. The van der Waals surface area contributed by atoms with Gasteiger partial charge in [0, 0.05) is 13.7 Å². The largest absolute Gasteiger partial charge is 0.469 e. The Morgan fingerprint density at radius 2 is 2.00 bits per heavy atom. The minimum absolute atomic E-state index is 0.0113. The topological polar surface area (TPSA) is 47.6 Å². The van der Waals surface area contributed by atoms with E-state index in [4.69, 9.17) is 4.74 Å². The molecule has 17 heavy (non-hydrogen) atoms. The summed E-state index contributed by atoms with van der Waals surface area (Å²) in [6, 6.07) is 0. The molecule has 0 spiro atoms. The standard InChI is InChI=1S/C9H16O2.C4H11NO/c1-4-5-6-7-8(2)9(10)11-3;1-5-3-4-6-2/h5-6,8H,4,7H2,1-3H3;5H,3-4H2,1-2H3/b6-5-;. The molecule has 0 aliphatic heterocycles. The van der Waals surface area contributed by atoms with E-state index in [-0.39, 0.29) is 11.9 Å². The fourth-order valence-electron chi connectivity index (χ4n) is 0.969. The van der Waals surface area contributed by atoms with Crippen LogP contribution in [0.5, 0.6) is 0 Å². The first-order valence-corrected chi connectivity index (χ1v) is 6.00. The number of allylic oxidation sites excluding steroid dienone is 2. The van der Waals surface area contributed by atoms with Crippen LogP contribution in [0, 0.1) is 5.92 Å². The molecule has 0 radical (unpaired) electrons. The van der Waals surface area contributed by atoms with Crippen molar-refractivity contribution in [3.8, 4) is 0 Å². The van der Waals surface area contributed by atoms with E-state index in [0.717, 1.165) is 26.0 Å². The van der Waals surface area contributed by atoms with Crippen LogP contribution in [0.2, 0.25) is 0 Å². The number of methoxy groups -OCH3 is 2. The summed E-state index contributed by atoms with van der Waals surface area (Å²) in [5.74, 6) is -0.145. The van der Waals surface area contributed by atoms with E-state index in [1.807, 2.05) is 20.0 Å². The Hall–Kier alpha value is -0.870. The molecule has 1 atom stereocenters. The lowest BCUT2D eigenvalue weighted by Crippen LogP contribution is -2.12. The summed E-state index contributed by atoms with van der Waals surface area (Å²) in [5, 5.41) is 2.94. The van der Waals surface area contributed by atoms with Crippen molar-refractivity contribution in [2.24, 2.45) is 5.92 Å². The lowest BCUT2D eigenvalue weighted by Gasteiger charge is -2.04. The molecule has 0 aliphatic rings. The number of nitrogens with one attached hydrogen (secondary N) is 1. The van der Waals surface area contributed by atoms with Crippen molar-refractivity contribution in [2.75, 3.05) is 34.4 Å². The van der Waals surface area contributed by atoms with E-state index in [0.29, 0.717) is 0 Å². The van der Waals surface area contributed by atoms with Gasteiger partial charge in [0.1, 0.15) is 0 Å². The molecule has 1 unspecified atom stereocenters. The van der Waals surface area contributed by atoms with Gasteiger partial charge in [0.2, 0.25) is 0 Å². The molecule has 1 N–H and O–H groups in total. The molecule has 0 aromatic rings. The van der Waals surface area contributed by atoms with Gasteiger partial charge in [-0.05, 0) is 19.9 Å². The van der Waals surface area contributed by atoms with Gasteiger partial charge in [0.15, 0.2) is 0 Å². The first kappa shape index (κ1) is 18.5. The van der Waals surface area contributed by atoms with Gasteiger partial charge in [-0.2, -0.15) is 0 Å². The molecule has 4 heteroatoms. The normalized spacial score (nSPS) is 11.8. The molecule has 0 saturated heterocycles. The zero-order chi connectivity index (χ0) is 13.5. The quantitative estimate of drug-likeness (QED) is 0.423. The predicted molar refractivity (Wildman–Crippen MR) is 71.0 cm³/mol. The molecule has 0 aromatic heterocycles. The predicted octanol–water partition coefficient (Wildman–Crippen LogP) is 2.00. The van der Waals surface area contributed by atoms with E-state index in [1.54, 1.807) is 7.11 Å². The molecule has 0 amide bonds. The number of rotatable bonds is 7. The van der Waals surface area contributed by atoms with Crippen LogP contribution in [0.4, 0.5) is 0 Å². The molecule has 4 nitrogen and oxygen atoms in total. The molecular weight excluding hydrogens is 218 g/mol. The van der Waals surface area contributed by atoms with Crippen LogP contribution in [-0.2, 0) is 14.3 Å². The number of hydrogen-bond donors (Lipinski definition) is 1. The smallest absolute Gasteiger partial charge is 0.308 e. The van der Waals surface area contributed by atoms with Gasteiger partial charge in [-0.3, -0.25) is 4.79 Å². The minimum atomic E-state index is -0.134. The summed E-state index contributed by atoms with van der Waals surface area (Å²) < 4.78 is 9.29. The highest BCUT2D eigenvalue weighted by Gasteiger charge is 2.09. The second-order valence-corrected chi connectivity index (χ2v) is 3.64. The number of carbonyl (C=O) groups is 1. The Kier molecular flexibility index (Phi) is 16.5. The average molecular weight is 245 g/mol. The maximum Gasteiger partial charge on any atom is 0.308 e. The monoisotopic (exact) mass is 245 g/mol. The second kappa shape index (κ2) is 15.1. The molecule has 0 aromatic carbocycles. The van der Waals surface area contributed by atoms with Crippen molar-refractivity contribution in [2.45, 2.75) is 26.7 Å². The lowest BCUT2D eigenvalue weighted by atomic mass is 10.1. The molecule has 0 bridgehead atoms. The summed E-state index contributed by atoms with van der Waals surface area (Å²) in [6.07, 6.45) is 5.87. The molecule has 0 rings (SSSR count). The van der Waals surface area contributed by atoms with Crippen molar-refractivity contribution < 1.29 is 14.3 Å². The van der Waals surface area contributed by atoms with Gasteiger partial charge in [-0.25, -0.2) is 0 Å². The molecular formula is C13H27NO3. The fourth-order valence-corrected chi connectivity index (χ4v) is 0.969. The Bertz CT molecular complexity index is 189. The van der Waals surface area contributed by atoms with Crippen molar-refractivity contribution >= 4 is 5.97 Å². The summed E-state index contributed by atoms with van der Waals surface area (Å²) in [6.45, 7) is 5.68. The first-order chi connectivity index (χ1) is 8.13. The molecule has 0 heterocycles. The number of carbonyl (C=O) groups excluding carboxylic acids is 1. The Labute approximate surface area is 105 Å². The molecule has 0 aliphatic carbocycles. The lowest BCUT2D eigenvalue weighted by molar-refractivity contribution is -0.144. The minimum Gasteiger partial charge on any atom is -0.469 e. The van der Waals surface area contributed by atoms with Crippen LogP contribution in [0.15, 0.2) is 12.2 Å². The van der Waals surface area contributed by atoms with E-state index in [2.05, 4.69) is 23.1 Å².